The summed E-state index contributed by atoms with van der Waals surface area (Å²) in [6.45, 7) is 11.9. The molecule has 97 heavy (non-hydrogen) atoms. The van der Waals surface area contributed by atoms with Crippen LogP contribution in [0.2, 0.25) is 0 Å². The predicted molar refractivity (Wildman–Crippen MR) is 395 cm³/mol. The van der Waals surface area contributed by atoms with Gasteiger partial charge in [0.1, 0.15) is 19.3 Å². The molecule has 0 aromatic rings. The van der Waals surface area contributed by atoms with Crippen LogP contribution in [-0.2, 0) is 65.4 Å². The summed E-state index contributed by atoms with van der Waals surface area (Å²) in [4.78, 5) is 72.8. The van der Waals surface area contributed by atoms with E-state index in [-0.39, 0.29) is 25.7 Å². The first-order chi connectivity index (χ1) is 46.8. The van der Waals surface area contributed by atoms with E-state index >= 15 is 0 Å². The van der Waals surface area contributed by atoms with E-state index in [1.807, 2.05) is 0 Å². The fourth-order valence-electron chi connectivity index (χ4n) is 11.9. The molecule has 0 bridgehead atoms. The number of ether oxygens (including phenoxy) is 4. The topological polar surface area (TPSA) is 237 Å². The fourth-order valence-corrected chi connectivity index (χ4v) is 13.4. The normalized spacial score (nSPS) is 14.9. The Hall–Kier alpha value is -1.94. The van der Waals surface area contributed by atoms with E-state index in [9.17, 15) is 43.2 Å². The van der Waals surface area contributed by atoms with Crippen molar-refractivity contribution in [3.63, 3.8) is 0 Å². The number of rotatable bonds is 76. The van der Waals surface area contributed by atoms with Gasteiger partial charge in [0.05, 0.1) is 26.4 Å². The minimum absolute atomic E-state index is 0.102. The Bertz CT molecular complexity index is 1890. The zero-order chi connectivity index (χ0) is 71.6. The van der Waals surface area contributed by atoms with Crippen molar-refractivity contribution in [2.45, 2.75) is 420 Å². The highest BCUT2D eigenvalue weighted by Gasteiger charge is 2.30. The Labute approximate surface area is 594 Å². The molecule has 0 spiro atoms. The number of hydrogen-bond acceptors (Lipinski definition) is 15. The maximum atomic E-state index is 13.1. The maximum absolute atomic E-state index is 13.1. The summed E-state index contributed by atoms with van der Waals surface area (Å²) in [5.74, 6) is 0.202. The van der Waals surface area contributed by atoms with Crippen molar-refractivity contribution in [1.82, 2.24) is 0 Å². The number of phosphoric ester groups is 2. The minimum atomic E-state index is -4.96. The van der Waals surface area contributed by atoms with Gasteiger partial charge in [0.15, 0.2) is 12.2 Å². The lowest BCUT2D eigenvalue weighted by molar-refractivity contribution is -0.161. The smallest absolute Gasteiger partial charge is 0.462 e. The molecule has 0 aromatic carbocycles. The number of esters is 4. The predicted octanol–water partition coefficient (Wildman–Crippen LogP) is 23.0. The molecule has 5 unspecified atom stereocenters. The molecule has 8 atom stereocenters. The molecule has 0 radical (unpaired) electrons. The highest BCUT2D eigenvalue weighted by molar-refractivity contribution is 7.47. The average Bonchev–Trinajstić information content (AvgIpc) is 1.08. The second kappa shape index (κ2) is 68.5. The van der Waals surface area contributed by atoms with E-state index in [0.29, 0.717) is 25.7 Å². The molecule has 576 valence electrons. The Kier molecular flexibility index (Phi) is 67.1. The second-order valence-electron chi connectivity index (χ2n) is 28.8. The third kappa shape index (κ3) is 68.3. The number of unbranched alkanes of at least 4 members (excludes halogenated alkanes) is 41. The highest BCUT2D eigenvalue weighted by atomic mass is 31.2. The van der Waals surface area contributed by atoms with E-state index in [0.717, 1.165) is 114 Å². The summed E-state index contributed by atoms with van der Waals surface area (Å²) in [5.41, 5.74) is 0. The van der Waals surface area contributed by atoms with Crippen molar-refractivity contribution < 1.29 is 80.2 Å². The van der Waals surface area contributed by atoms with Gasteiger partial charge in [-0.3, -0.25) is 37.3 Å². The third-order valence-electron chi connectivity index (χ3n) is 19.2. The van der Waals surface area contributed by atoms with Gasteiger partial charge in [0.2, 0.25) is 0 Å². The molecule has 0 aliphatic heterocycles. The molecule has 17 nitrogen and oxygen atoms in total. The van der Waals surface area contributed by atoms with Gasteiger partial charge in [-0.25, -0.2) is 9.13 Å². The second-order valence-corrected chi connectivity index (χ2v) is 31.7. The summed E-state index contributed by atoms with van der Waals surface area (Å²) in [6, 6.07) is 0. The van der Waals surface area contributed by atoms with Gasteiger partial charge in [0.25, 0.3) is 0 Å². The molecule has 0 fully saturated rings. The van der Waals surface area contributed by atoms with Crippen molar-refractivity contribution in [2.75, 3.05) is 39.6 Å². The standard InChI is InChI=1S/C78H152O17P2/c1-8-12-13-14-15-16-17-18-23-27-30-33-36-45-52-59-75(80)88-65-73(94-77(82)61-54-47-37-34-31-28-25-22-20-19-21-24-26-29-32-35-42-49-56-69(5)9-2)67-92-96(84,85)90-63-72(79)64-91-97(86,87)93-68-74(95-78(83)62-55-48-41-39-44-51-58-71(7)11-4)66-89-76(81)60-53-46-40-38-43-50-57-70(6)10-3/h69-74,79H,8-68H2,1-7H3,(H,84,85)(H,86,87)/t69?,70?,71?,72-,73-,74-/m1/s1. The van der Waals surface area contributed by atoms with Crippen LogP contribution in [0, 0.1) is 17.8 Å². The first-order valence-corrected chi connectivity index (χ1v) is 43.5. The summed E-state index contributed by atoms with van der Waals surface area (Å²) >= 11 is 0. The van der Waals surface area contributed by atoms with Crippen LogP contribution in [0.25, 0.3) is 0 Å². The monoisotopic (exact) mass is 1420 g/mol. The number of carbonyl (C=O) groups excluding carboxylic acids is 4. The van der Waals surface area contributed by atoms with Crippen LogP contribution >= 0.6 is 15.6 Å². The van der Waals surface area contributed by atoms with Crippen molar-refractivity contribution in [3.05, 3.63) is 0 Å². The average molecular weight is 1420 g/mol. The maximum Gasteiger partial charge on any atom is 0.472 e. The number of carbonyl (C=O) groups is 4. The zero-order valence-corrected chi connectivity index (χ0v) is 65.3. The Morgan fingerprint density at radius 2 is 0.495 bits per heavy atom. The van der Waals surface area contributed by atoms with Gasteiger partial charge in [-0.1, -0.05) is 350 Å². The fraction of sp³-hybridized carbons (Fsp3) is 0.949. The Morgan fingerprint density at radius 3 is 0.732 bits per heavy atom. The van der Waals surface area contributed by atoms with Crippen LogP contribution in [0.3, 0.4) is 0 Å². The largest absolute Gasteiger partial charge is 0.472 e. The molecule has 0 aliphatic rings. The van der Waals surface area contributed by atoms with E-state index in [1.54, 1.807) is 0 Å². The van der Waals surface area contributed by atoms with Crippen LogP contribution in [0.1, 0.15) is 402 Å². The Morgan fingerprint density at radius 1 is 0.289 bits per heavy atom. The lowest BCUT2D eigenvalue weighted by Gasteiger charge is -2.21. The van der Waals surface area contributed by atoms with E-state index in [1.165, 1.54) is 205 Å². The number of aliphatic hydroxyl groups is 1. The summed E-state index contributed by atoms with van der Waals surface area (Å²) in [7, 11) is -9.91. The Balaban J connectivity index is 5.20. The van der Waals surface area contributed by atoms with Crippen LogP contribution in [-0.4, -0.2) is 96.7 Å². The van der Waals surface area contributed by atoms with E-state index in [4.69, 9.17) is 37.0 Å². The van der Waals surface area contributed by atoms with Gasteiger partial charge < -0.3 is 33.8 Å². The molecule has 0 rings (SSSR count). The molecule has 0 saturated heterocycles. The highest BCUT2D eigenvalue weighted by Crippen LogP contribution is 2.45. The molecule has 3 N–H and O–H groups in total. The van der Waals surface area contributed by atoms with E-state index < -0.39 is 97.5 Å². The van der Waals surface area contributed by atoms with Gasteiger partial charge >= 0.3 is 39.5 Å². The summed E-state index contributed by atoms with van der Waals surface area (Å²) in [5, 5.41) is 10.6. The van der Waals surface area contributed by atoms with E-state index in [2.05, 4.69) is 48.5 Å². The van der Waals surface area contributed by atoms with Crippen molar-refractivity contribution in [2.24, 2.45) is 17.8 Å². The van der Waals surface area contributed by atoms with Crippen LogP contribution < -0.4 is 0 Å². The molecular weight excluding hydrogens is 1270 g/mol. The van der Waals surface area contributed by atoms with Crippen molar-refractivity contribution in [1.29, 1.82) is 0 Å². The van der Waals surface area contributed by atoms with Gasteiger partial charge in [0, 0.05) is 25.7 Å². The number of aliphatic hydroxyl groups excluding tert-OH is 1. The number of phosphoric acid groups is 2. The van der Waals surface area contributed by atoms with Crippen molar-refractivity contribution >= 4 is 39.5 Å². The SMILES string of the molecule is CCCCCCCCCCCCCCCCCC(=O)OC[C@H](COP(=O)(O)OC[C@@H](O)COP(=O)(O)OC[C@@H](COC(=O)CCCCCCCCC(C)CC)OC(=O)CCCCCCCCC(C)CC)OC(=O)CCCCCCCCCCCCCCCCCCCCC(C)CC. The first-order valence-electron chi connectivity index (χ1n) is 40.5. The van der Waals surface area contributed by atoms with Crippen LogP contribution in [0.5, 0.6) is 0 Å². The van der Waals surface area contributed by atoms with Gasteiger partial charge in [-0.2, -0.15) is 0 Å². The lowest BCUT2D eigenvalue weighted by Crippen LogP contribution is -2.30. The molecule has 0 heterocycles. The first kappa shape index (κ1) is 95.1. The van der Waals surface area contributed by atoms with Crippen LogP contribution in [0.15, 0.2) is 0 Å². The third-order valence-corrected chi connectivity index (χ3v) is 21.1. The zero-order valence-electron chi connectivity index (χ0n) is 63.5. The summed E-state index contributed by atoms with van der Waals surface area (Å²) in [6.07, 6.45) is 55.6. The molecule has 0 aliphatic carbocycles. The summed E-state index contributed by atoms with van der Waals surface area (Å²) < 4.78 is 68.5. The lowest BCUT2D eigenvalue weighted by atomic mass is 9.99. The molecular formula is C78H152O17P2. The molecule has 0 aromatic heterocycles. The number of hydrogen-bond donors (Lipinski definition) is 3. The quantitative estimate of drug-likeness (QED) is 0.0222. The van der Waals surface area contributed by atoms with Gasteiger partial charge in [-0.05, 0) is 43.4 Å². The minimum Gasteiger partial charge on any atom is -0.462 e. The molecule has 19 heteroatoms. The van der Waals surface area contributed by atoms with Crippen LogP contribution in [0.4, 0.5) is 0 Å². The van der Waals surface area contributed by atoms with Crippen molar-refractivity contribution in [3.8, 4) is 0 Å². The molecule has 0 amide bonds. The van der Waals surface area contributed by atoms with Gasteiger partial charge in [-0.15, -0.1) is 0 Å². The molecule has 0 saturated carbocycles.